The van der Waals surface area contributed by atoms with Crippen molar-refractivity contribution in [3.05, 3.63) is 35.4 Å². The molecule has 4 nitrogen and oxygen atoms in total. The van der Waals surface area contributed by atoms with Crippen LogP contribution >= 0.6 is 24.8 Å². The third kappa shape index (κ3) is 6.83. The van der Waals surface area contributed by atoms with Gasteiger partial charge in [-0.2, -0.15) is 0 Å². The largest absolute Gasteiger partial charge is 0.351 e. The number of halogens is 4. The third-order valence-electron chi connectivity index (χ3n) is 5.62. The second-order valence-corrected chi connectivity index (χ2v) is 7.69. The number of benzene rings is 1. The summed E-state index contributed by atoms with van der Waals surface area (Å²) >= 11 is 0. The minimum Gasteiger partial charge on any atom is -0.351 e. The number of hydrogen-bond donors (Lipinski definition) is 2. The number of rotatable bonds is 6. The SMILES string of the molecule is CN(Cc1ccccc1CNC(=O)C1CC(F)(F)CN1)C1CCCCC1.Cl.Cl. The highest BCUT2D eigenvalue weighted by atomic mass is 35.5. The van der Waals surface area contributed by atoms with E-state index in [1.54, 1.807) is 0 Å². The molecule has 1 aromatic carbocycles. The molecule has 8 heteroatoms. The van der Waals surface area contributed by atoms with Crippen LogP contribution in [0.2, 0.25) is 0 Å². The predicted molar refractivity (Wildman–Crippen MR) is 112 cm³/mol. The van der Waals surface area contributed by atoms with Crippen molar-refractivity contribution >= 4 is 30.7 Å². The van der Waals surface area contributed by atoms with Gasteiger partial charge >= 0.3 is 0 Å². The summed E-state index contributed by atoms with van der Waals surface area (Å²) in [7, 11) is 2.16. The van der Waals surface area contributed by atoms with E-state index in [0.717, 1.165) is 12.1 Å². The zero-order valence-corrected chi connectivity index (χ0v) is 17.9. The third-order valence-corrected chi connectivity index (χ3v) is 5.62. The van der Waals surface area contributed by atoms with Crippen LogP contribution in [0.25, 0.3) is 0 Å². The smallest absolute Gasteiger partial charge is 0.262 e. The number of carbonyl (C=O) groups excluding carboxylic acids is 1. The highest BCUT2D eigenvalue weighted by molar-refractivity contribution is 5.85. The maximum absolute atomic E-state index is 13.3. The zero-order chi connectivity index (χ0) is 18.6. The van der Waals surface area contributed by atoms with Gasteiger partial charge in [0.2, 0.25) is 5.91 Å². The Labute approximate surface area is 178 Å². The highest BCUT2D eigenvalue weighted by Gasteiger charge is 2.42. The van der Waals surface area contributed by atoms with E-state index in [9.17, 15) is 13.6 Å². The average Bonchev–Trinajstić information content (AvgIpc) is 3.01. The van der Waals surface area contributed by atoms with Gasteiger partial charge in [0.05, 0.1) is 12.6 Å². The second-order valence-electron chi connectivity index (χ2n) is 7.69. The summed E-state index contributed by atoms with van der Waals surface area (Å²) in [5.41, 5.74) is 2.24. The lowest BCUT2D eigenvalue weighted by molar-refractivity contribution is -0.123. The maximum atomic E-state index is 13.3. The number of nitrogens with one attached hydrogen (secondary N) is 2. The van der Waals surface area contributed by atoms with E-state index in [2.05, 4.69) is 28.6 Å². The summed E-state index contributed by atoms with van der Waals surface area (Å²) in [5.74, 6) is -3.14. The number of alkyl halides is 2. The molecule has 1 aromatic rings. The minimum atomic E-state index is -2.79. The maximum Gasteiger partial charge on any atom is 0.262 e. The summed E-state index contributed by atoms with van der Waals surface area (Å²) in [6, 6.07) is 7.87. The van der Waals surface area contributed by atoms with Crippen molar-refractivity contribution in [3.63, 3.8) is 0 Å². The predicted octanol–water partition coefficient (Wildman–Crippen LogP) is 3.91. The van der Waals surface area contributed by atoms with E-state index in [1.807, 2.05) is 18.2 Å². The molecule has 160 valence electrons. The monoisotopic (exact) mass is 437 g/mol. The standard InChI is InChI=1S/C20H29F2N3O.2ClH/c1-25(17-9-3-2-4-10-17)13-16-8-6-5-7-15(16)12-23-19(26)18-11-20(21,22)14-24-18;;/h5-8,17-18,24H,2-4,9-14H2,1H3,(H,23,26);2*1H. The highest BCUT2D eigenvalue weighted by Crippen LogP contribution is 2.25. The average molecular weight is 438 g/mol. The number of carbonyl (C=O) groups is 1. The van der Waals surface area contributed by atoms with Crippen molar-refractivity contribution in [3.8, 4) is 0 Å². The molecule has 1 atom stereocenters. The van der Waals surface area contributed by atoms with Crippen LogP contribution in [0, 0.1) is 0 Å². The molecule has 2 aliphatic rings. The fourth-order valence-electron chi connectivity index (χ4n) is 4.01. The molecule has 0 aromatic heterocycles. The van der Waals surface area contributed by atoms with E-state index < -0.39 is 24.9 Å². The van der Waals surface area contributed by atoms with E-state index in [-0.39, 0.29) is 30.7 Å². The molecule has 2 fully saturated rings. The molecule has 0 bridgehead atoms. The second kappa shape index (κ2) is 11.3. The molecule has 0 spiro atoms. The van der Waals surface area contributed by atoms with E-state index >= 15 is 0 Å². The quantitative estimate of drug-likeness (QED) is 0.708. The Kier molecular flexibility index (Phi) is 10.1. The van der Waals surface area contributed by atoms with Gasteiger partial charge in [-0.15, -0.1) is 24.8 Å². The van der Waals surface area contributed by atoms with Gasteiger partial charge in [-0.25, -0.2) is 8.78 Å². The Balaban J connectivity index is 0.00000196. The molecule has 2 N–H and O–H groups in total. The lowest BCUT2D eigenvalue weighted by atomic mass is 9.94. The zero-order valence-electron chi connectivity index (χ0n) is 16.3. The lowest BCUT2D eigenvalue weighted by Crippen LogP contribution is -2.40. The minimum absolute atomic E-state index is 0. The van der Waals surface area contributed by atoms with E-state index in [4.69, 9.17) is 0 Å². The lowest BCUT2D eigenvalue weighted by Gasteiger charge is -2.31. The van der Waals surface area contributed by atoms with Gasteiger partial charge in [-0.1, -0.05) is 43.5 Å². The van der Waals surface area contributed by atoms with Crippen LogP contribution in [-0.4, -0.2) is 42.4 Å². The fraction of sp³-hybridized carbons (Fsp3) is 0.650. The van der Waals surface area contributed by atoms with Crippen LogP contribution in [0.1, 0.15) is 49.7 Å². The van der Waals surface area contributed by atoms with Crippen molar-refractivity contribution in [2.24, 2.45) is 0 Å². The molecule has 1 aliphatic carbocycles. The van der Waals surface area contributed by atoms with Gasteiger partial charge in [-0.3, -0.25) is 15.0 Å². The Morgan fingerprint density at radius 2 is 1.82 bits per heavy atom. The Morgan fingerprint density at radius 1 is 1.18 bits per heavy atom. The van der Waals surface area contributed by atoms with Crippen molar-refractivity contribution in [2.75, 3.05) is 13.6 Å². The van der Waals surface area contributed by atoms with Gasteiger partial charge in [0.25, 0.3) is 5.92 Å². The molecule has 1 heterocycles. The first-order chi connectivity index (χ1) is 12.4. The molecule has 0 radical (unpaired) electrons. The van der Waals surface area contributed by atoms with Gasteiger partial charge in [-0.05, 0) is 31.0 Å². The molecular formula is C20H31Cl2F2N3O. The first-order valence-corrected chi connectivity index (χ1v) is 9.60. The summed E-state index contributed by atoms with van der Waals surface area (Å²) in [6.45, 7) is 0.793. The van der Waals surface area contributed by atoms with Gasteiger partial charge < -0.3 is 5.32 Å². The summed E-state index contributed by atoms with van der Waals surface area (Å²) in [5, 5.41) is 5.42. The van der Waals surface area contributed by atoms with Crippen molar-refractivity contribution in [1.82, 2.24) is 15.5 Å². The molecule has 1 saturated heterocycles. The van der Waals surface area contributed by atoms with Crippen molar-refractivity contribution < 1.29 is 13.6 Å². The van der Waals surface area contributed by atoms with Crippen molar-refractivity contribution in [2.45, 2.75) is 69.6 Å². The normalized spacial score (nSPS) is 21.6. The van der Waals surface area contributed by atoms with Gasteiger partial charge in [0, 0.05) is 25.6 Å². The molecule has 1 unspecified atom stereocenters. The Hall–Kier alpha value is -0.950. The Morgan fingerprint density at radius 3 is 2.43 bits per heavy atom. The fourth-order valence-corrected chi connectivity index (χ4v) is 4.01. The number of nitrogens with zero attached hydrogens (tertiary/aromatic N) is 1. The van der Waals surface area contributed by atoms with Crippen LogP contribution < -0.4 is 10.6 Å². The first kappa shape index (κ1) is 25.1. The summed E-state index contributed by atoms with van der Waals surface area (Å²) < 4.78 is 26.5. The van der Waals surface area contributed by atoms with Crippen LogP contribution in [0.5, 0.6) is 0 Å². The molecule has 1 aliphatic heterocycles. The molecule has 28 heavy (non-hydrogen) atoms. The topological polar surface area (TPSA) is 44.4 Å². The van der Waals surface area contributed by atoms with E-state index in [1.165, 1.54) is 37.7 Å². The Bertz CT molecular complexity index is 627. The molecule has 3 rings (SSSR count). The first-order valence-electron chi connectivity index (χ1n) is 9.60. The number of amides is 1. The summed E-state index contributed by atoms with van der Waals surface area (Å²) in [6.07, 6.45) is 6.00. The molecule has 1 amide bonds. The number of hydrogen-bond acceptors (Lipinski definition) is 3. The van der Waals surface area contributed by atoms with Crippen LogP contribution in [0.3, 0.4) is 0 Å². The van der Waals surface area contributed by atoms with Crippen molar-refractivity contribution in [1.29, 1.82) is 0 Å². The van der Waals surface area contributed by atoms with Crippen LogP contribution in [-0.2, 0) is 17.9 Å². The van der Waals surface area contributed by atoms with Gasteiger partial charge in [0.1, 0.15) is 0 Å². The molecular weight excluding hydrogens is 407 g/mol. The molecule has 1 saturated carbocycles. The summed E-state index contributed by atoms with van der Waals surface area (Å²) in [4.78, 5) is 14.6. The van der Waals surface area contributed by atoms with Crippen LogP contribution in [0.4, 0.5) is 8.78 Å². The van der Waals surface area contributed by atoms with Crippen LogP contribution in [0.15, 0.2) is 24.3 Å². The van der Waals surface area contributed by atoms with Gasteiger partial charge in [0.15, 0.2) is 0 Å². The van der Waals surface area contributed by atoms with E-state index in [0.29, 0.717) is 12.6 Å².